The molecule has 0 spiro atoms. The van der Waals surface area contributed by atoms with Crippen molar-refractivity contribution >= 4 is 0 Å². The van der Waals surface area contributed by atoms with Gasteiger partial charge in [0.05, 0.1) is 18.3 Å². The molecule has 0 saturated heterocycles. The van der Waals surface area contributed by atoms with Gasteiger partial charge in [0.15, 0.2) is 0 Å². The summed E-state index contributed by atoms with van der Waals surface area (Å²) in [6.07, 6.45) is 2.34. The average Bonchev–Trinajstić information content (AvgIpc) is 3.05. The van der Waals surface area contributed by atoms with Gasteiger partial charge < -0.3 is 15.3 Å². The molecule has 0 radical (unpaired) electrons. The van der Waals surface area contributed by atoms with Gasteiger partial charge in [-0.2, -0.15) is 0 Å². The van der Waals surface area contributed by atoms with Gasteiger partial charge >= 0.3 is 0 Å². The van der Waals surface area contributed by atoms with E-state index in [1.54, 1.807) is 0 Å². The largest absolute Gasteiger partial charge is 0.393 e. The first-order valence-corrected chi connectivity index (χ1v) is 8.22. The van der Waals surface area contributed by atoms with Crippen molar-refractivity contribution in [3.8, 4) is 0 Å². The van der Waals surface area contributed by atoms with Crippen molar-refractivity contribution in [3.05, 3.63) is 0 Å². The van der Waals surface area contributed by atoms with Gasteiger partial charge in [-0.3, -0.25) is 0 Å². The second-order valence-electron chi connectivity index (χ2n) is 8.44. The number of hydrogen-bond donors (Lipinski definition) is 3. The first kappa shape index (κ1) is 10.6. The van der Waals surface area contributed by atoms with Gasteiger partial charge in [0.1, 0.15) is 0 Å². The quantitative estimate of drug-likeness (QED) is 0.595. The fraction of sp³-hybridized carbons (Fsp3) is 1.00. The third-order valence-corrected chi connectivity index (χ3v) is 8.51. The maximum Gasteiger partial charge on any atom is 0.0577 e. The van der Waals surface area contributed by atoms with E-state index < -0.39 is 0 Å². The zero-order chi connectivity index (χ0) is 12.6. The molecule has 6 aliphatic carbocycles. The third-order valence-electron chi connectivity index (χ3n) is 8.51. The maximum absolute atomic E-state index is 10.5. The number of rotatable bonds is 0. The van der Waals surface area contributed by atoms with Crippen LogP contribution in [0.4, 0.5) is 0 Å². The van der Waals surface area contributed by atoms with Crippen molar-refractivity contribution in [1.82, 2.24) is 0 Å². The fourth-order valence-corrected chi connectivity index (χ4v) is 8.73. The Bertz CT molecular complexity index is 465. The molecular weight excluding hydrogens is 240 g/mol. The zero-order valence-electron chi connectivity index (χ0n) is 11.0. The molecular formula is C16H22O3. The lowest BCUT2D eigenvalue weighted by Crippen LogP contribution is -2.30. The zero-order valence-corrected chi connectivity index (χ0v) is 11.0. The van der Waals surface area contributed by atoms with Crippen molar-refractivity contribution in [3.63, 3.8) is 0 Å². The fourth-order valence-electron chi connectivity index (χ4n) is 8.73. The number of aliphatic hydroxyl groups excluding tert-OH is 3. The van der Waals surface area contributed by atoms with E-state index in [-0.39, 0.29) is 18.3 Å². The molecule has 13 atom stereocenters. The van der Waals surface area contributed by atoms with Crippen molar-refractivity contribution < 1.29 is 15.3 Å². The van der Waals surface area contributed by atoms with Gasteiger partial charge in [-0.1, -0.05) is 0 Å². The molecule has 104 valence electrons. The first-order chi connectivity index (χ1) is 9.18. The molecule has 0 aromatic carbocycles. The van der Waals surface area contributed by atoms with Crippen LogP contribution in [0.3, 0.4) is 0 Å². The molecule has 3 heteroatoms. The number of fused-ring (bicyclic) bond motifs is 3. The van der Waals surface area contributed by atoms with E-state index in [1.165, 1.54) is 0 Å². The van der Waals surface area contributed by atoms with Gasteiger partial charge in [-0.15, -0.1) is 0 Å². The van der Waals surface area contributed by atoms with Crippen LogP contribution in [0, 0.1) is 59.2 Å². The molecule has 3 N–H and O–H groups in total. The number of aliphatic hydroxyl groups is 3. The SMILES string of the molecule is O[C@@H]1C[C@H]2[C@H]3C[C@H](O)[C@@H]4[C@@H]3[C@H]3[C@@H]2[C@@H]1[C@@H]1C[C@H](O)[C@H]4[C@@H]13. The molecule has 0 aromatic rings. The van der Waals surface area contributed by atoms with Crippen LogP contribution in [-0.4, -0.2) is 33.6 Å². The summed E-state index contributed by atoms with van der Waals surface area (Å²) < 4.78 is 0. The molecule has 19 heavy (non-hydrogen) atoms. The Balaban J connectivity index is 1.58. The van der Waals surface area contributed by atoms with Crippen LogP contribution >= 0.6 is 0 Å². The summed E-state index contributed by atoms with van der Waals surface area (Å²) in [5.74, 6) is 5.97. The average molecular weight is 262 g/mol. The second kappa shape index (κ2) is 2.90. The van der Waals surface area contributed by atoms with Gasteiger partial charge in [-0.05, 0) is 78.4 Å². The smallest absolute Gasteiger partial charge is 0.0577 e. The van der Waals surface area contributed by atoms with E-state index in [2.05, 4.69) is 0 Å². The normalized spacial score (nSPS) is 78.2. The molecule has 0 unspecified atom stereocenters. The Morgan fingerprint density at radius 3 is 1.47 bits per heavy atom. The van der Waals surface area contributed by atoms with Gasteiger partial charge in [0.25, 0.3) is 0 Å². The van der Waals surface area contributed by atoms with E-state index in [4.69, 9.17) is 0 Å². The van der Waals surface area contributed by atoms with Crippen molar-refractivity contribution in [2.24, 2.45) is 59.2 Å². The summed E-state index contributed by atoms with van der Waals surface area (Å²) in [7, 11) is 0. The van der Waals surface area contributed by atoms with Crippen LogP contribution in [0.5, 0.6) is 0 Å². The van der Waals surface area contributed by atoms with Crippen LogP contribution in [0.25, 0.3) is 0 Å². The topological polar surface area (TPSA) is 60.7 Å². The van der Waals surface area contributed by atoms with Gasteiger partial charge in [-0.25, -0.2) is 0 Å². The van der Waals surface area contributed by atoms with Gasteiger partial charge in [0.2, 0.25) is 0 Å². The minimum Gasteiger partial charge on any atom is -0.393 e. The van der Waals surface area contributed by atoms with Crippen LogP contribution in [-0.2, 0) is 0 Å². The van der Waals surface area contributed by atoms with Crippen LogP contribution < -0.4 is 0 Å². The van der Waals surface area contributed by atoms with Crippen LogP contribution in [0.15, 0.2) is 0 Å². The summed E-state index contributed by atoms with van der Waals surface area (Å²) >= 11 is 0. The predicted octanol–water partition coefficient (Wildman–Crippen LogP) is 0.483. The van der Waals surface area contributed by atoms with E-state index in [9.17, 15) is 15.3 Å². The van der Waals surface area contributed by atoms with E-state index in [0.29, 0.717) is 47.3 Å². The summed E-state index contributed by atoms with van der Waals surface area (Å²) in [4.78, 5) is 0. The van der Waals surface area contributed by atoms with E-state index >= 15 is 0 Å². The van der Waals surface area contributed by atoms with Crippen LogP contribution in [0.1, 0.15) is 19.3 Å². The molecule has 0 aliphatic heterocycles. The van der Waals surface area contributed by atoms with Crippen molar-refractivity contribution in [2.45, 2.75) is 37.6 Å². The lowest BCUT2D eigenvalue weighted by atomic mass is 9.83. The maximum atomic E-state index is 10.5. The second-order valence-corrected chi connectivity index (χ2v) is 8.44. The molecule has 6 aliphatic rings. The molecule has 0 amide bonds. The van der Waals surface area contributed by atoms with E-state index in [0.717, 1.165) is 31.1 Å². The van der Waals surface area contributed by atoms with E-state index in [1.807, 2.05) is 0 Å². The predicted molar refractivity (Wildman–Crippen MR) is 66.8 cm³/mol. The first-order valence-electron chi connectivity index (χ1n) is 8.22. The number of hydrogen-bond acceptors (Lipinski definition) is 3. The molecule has 6 saturated carbocycles. The van der Waals surface area contributed by atoms with Gasteiger partial charge in [0, 0.05) is 0 Å². The highest BCUT2D eigenvalue weighted by molar-refractivity contribution is 5.26. The lowest BCUT2D eigenvalue weighted by Gasteiger charge is -2.25. The summed E-state index contributed by atoms with van der Waals surface area (Å²) in [5.41, 5.74) is 0. The Morgan fingerprint density at radius 2 is 0.842 bits per heavy atom. The summed E-state index contributed by atoms with van der Waals surface area (Å²) in [5, 5.41) is 31.5. The highest BCUT2D eigenvalue weighted by Crippen LogP contribution is 2.79. The molecule has 0 heterocycles. The minimum absolute atomic E-state index is 0.117. The monoisotopic (exact) mass is 262 g/mol. The highest BCUT2D eigenvalue weighted by Gasteiger charge is 2.78. The van der Waals surface area contributed by atoms with Crippen molar-refractivity contribution in [1.29, 1.82) is 0 Å². The highest BCUT2D eigenvalue weighted by atomic mass is 16.3. The molecule has 0 aromatic heterocycles. The Hall–Kier alpha value is -0.120. The molecule has 6 fully saturated rings. The molecule has 0 bridgehead atoms. The Morgan fingerprint density at radius 1 is 0.421 bits per heavy atom. The minimum atomic E-state index is -0.203. The van der Waals surface area contributed by atoms with Crippen molar-refractivity contribution in [2.75, 3.05) is 0 Å². The summed E-state index contributed by atoms with van der Waals surface area (Å²) in [6, 6.07) is 0. The lowest BCUT2D eigenvalue weighted by molar-refractivity contribution is 0.0366. The Labute approximate surface area is 113 Å². The molecule has 3 nitrogen and oxygen atoms in total. The third kappa shape index (κ3) is 0.873. The Kier molecular flexibility index (Phi) is 1.62. The standard InChI is InChI=1S/C16H22O3/c17-7-1-4-5-2-8(18)14-12(5)16-11(4)10(7)6-3-9(19)15(14)13(6)16/h4-19H,1-3H2/t4-,5+,6-,7+,8-,9-,10+,11-,12+,13+,14+,15-,16+/m0/s1. The van der Waals surface area contributed by atoms with Crippen LogP contribution in [0.2, 0.25) is 0 Å². The molecule has 6 rings (SSSR count). The summed E-state index contributed by atoms with van der Waals surface area (Å²) in [6.45, 7) is 0.